The van der Waals surface area contributed by atoms with Gasteiger partial charge >= 0.3 is 0 Å². The van der Waals surface area contributed by atoms with Crippen LogP contribution in [-0.4, -0.2) is 10.7 Å². The molecule has 1 unspecified atom stereocenters. The first-order chi connectivity index (χ1) is 9.37. The van der Waals surface area contributed by atoms with Crippen LogP contribution in [0.2, 0.25) is 0 Å². The van der Waals surface area contributed by atoms with Gasteiger partial charge < -0.3 is 5.11 Å². The zero-order valence-corrected chi connectivity index (χ0v) is 11.0. The van der Waals surface area contributed by atoms with Gasteiger partial charge in [0.2, 0.25) is 0 Å². The van der Waals surface area contributed by atoms with Gasteiger partial charge in [0.15, 0.2) is 11.6 Å². The maximum atomic E-state index is 13.6. The molecule has 1 atom stereocenters. The van der Waals surface area contributed by atoms with Gasteiger partial charge in [-0.1, -0.05) is 24.3 Å². The molecule has 0 heterocycles. The SMILES string of the molecule is CC(O)(Cc1cccc(F)c1)Cc1cccc(F)c1F. The smallest absolute Gasteiger partial charge is 0.162 e. The lowest BCUT2D eigenvalue weighted by Gasteiger charge is -2.24. The maximum Gasteiger partial charge on any atom is 0.162 e. The quantitative estimate of drug-likeness (QED) is 0.906. The van der Waals surface area contributed by atoms with Gasteiger partial charge in [-0.25, -0.2) is 13.2 Å². The molecule has 1 N–H and O–H groups in total. The molecule has 2 aromatic rings. The Hall–Kier alpha value is -1.81. The zero-order chi connectivity index (χ0) is 14.8. The van der Waals surface area contributed by atoms with Crippen molar-refractivity contribution >= 4 is 0 Å². The summed E-state index contributed by atoms with van der Waals surface area (Å²) in [7, 11) is 0. The summed E-state index contributed by atoms with van der Waals surface area (Å²) in [5.74, 6) is -2.29. The van der Waals surface area contributed by atoms with Gasteiger partial charge in [-0.2, -0.15) is 0 Å². The van der Waals surface area contributed by atoms with E-state index in [1.54, 1.807) is 12.1 Å². The third kappa shape index (κ3) is 3.61. The molecule has 106 valence electrons. The highest BCUT2D eigenvalue weighted by Crippen LogP contribution is 2.22. The Balaban J connectivity index is 2.16. The molecule has 0 spiro atoms. The fraction of sp³-hybridized carbons (Fsp3) is 0.250. The highest BCUT2D eigenvalue weighted by molar-refractivity contribution is 5.23. The fourth-order valence-corrected chi connectivity index (χ4v) is 2.24. The van der Waals surface area contributed by atoms with Crippen molar-refractivity contribution in [1.82, 2.24) is 0 Å². The van der Waals surface area contributed by atoms with Crippen molar-refractivity contribution in [3.05, 3.63) is 71.0 Å². The van der Waals surface area contributed by atoms with Crippen molar-refractivity contribution in [3.8, 4) is 0 Å². The molecule has 0 aromatic heterocycles. The summed E-state index contributed by atoms with van der Waals surface area (Å²) < 4.78 is 39.8. The van der Waals surface area contributed by atoms with Crippen LogP contribution in [0.1, 0.15) is 18.1 Å². The molecule has 0 aliphatic rings. The van der Waals surface area contributed by atoms with Gasteiger partial charge in [0.05, 0.1) is 5.60 Å². The summed E-state index contributed by atoms with van der Waals surface area (Å²) in [5.41, 5.74) is -0.583. The molecule has 2 rings (SSSR count). The largest absolute Gasteiger partial charge is 0.389 e. The van der Waals surface area contributed by atoms with Crippen LogP contribution in [-0.2, 0) is 12.8 Å². The third-order valence-electron chi connectivity index (χ3n) is 3.08. The van der Waals surface area contributed by atoms with Gasteiger partial charge in [0, 0.05) is 12.8 Å². The summed E-state index contributed by atoms with van der Waals surface area (Å²) >= 11 is 0. The van der Waals surface area contributed by atoms with E-state index < -0.39 is 23.1 Å². The molecule has 0 bridgehead atoms. The molecule has 20 heavy (non-hydrogen) atoms. The van der Waals surface area contributed by atoms with Crippen LogP contribution in [0.4, 0.5) is 13.2 Å². The second-order valence-corrected chi connectivity index (χ2v) is 5.19. The van der Waals surface area contributed by atoms with E-state index in [2.05, 4.69) is 0 Å². The van der Waals surface area contributed by atoms with E-state index in [9.17, 15) is 18.3 Å². The average Bonchev–Trinajstić information content (AvgIpc) is 2.34. The molecule has 0 aliphatic heterocycles. The van der Waals surface area contributed by atoms with Crippen LogP contribution in [0.5, 0.6) is 0 Å². The van der Waals surface area contributed by atoms with Crippen molar-refractivity contribution in [2.75, 3.05) is 0 Å². The second-order valence-electron chi connectivity index (χ2n) is 5.19. The predicted octanol–water partition coefficient (Wildman–Crippen LogP) is 3.64. The fourth-order valence-electron chi connectivity index (χ4n) is 2.24. The minimum atomic E-state index is -1.29. The van der Waals surface area contributed by atoms with Crippen LogP contribution in [0.25, 0.3) is 0 Å². The van der Waals surface area contributed by atoms with E-state index >= 15 is 0 Å². The van der Waals surface area contributed by atoms with Gasteiger partial charge in [0.1, 0.15) is 5.82 Å². The molecule has 0 saturated heterocycles. The van der Waals surface area contributed by atoms with Crippen molar-refractivity contribution in [2.45, 2.75) is 25.4 Å². The number of rotatable bonds is 4. The summed E-state index contributed by atoms with van der Waals surface area (Å²) in [5, 5.41) is 10.3. The lowest BCUT2D eigenvalue weighted by molar-refractivity contribution is 0.0597. The molecule has 0 aliphatic carbocycles. The minimum Gasteiger partial charge on any atom is -0.389 e. The molecule has 2 aromatic carbocycles. The summed E-state index contributed by atoms with van der Waals surface area (Å²) in [6.07, 6.45) is 0.105. The third-order valence-corrected chi connectivity index (χ3v) is 3.08. The normalized spacial score (nSPS) is 14.1. The topological polar surface area (TPSA) is 20.2 Å². The lowest BCUT2D eigenvalue weighted by Crippen LogP contribution is -2.30. The monoisotopic (exact) mass is 280 g/mol. The van der Waals surface area contributed by atoms with E-state index in [1.165, 1.54) is 31.2 Å². The molecule has 0 fully saturated rings. The van der Waals surface area contributed by atoms with Crippen LogP contribution in [0.15, 0.2) is 42.5 Å². The van der Waals surface area contributed by atoms with E-state index in [0.717, 1.165) is 6.07 Å². The Morgan fingerprint density at radius 3 is 2.40 bits per heavy atom. The first-order valence-corrected chi connectivity index (χ1v) is 6.27. The number of halogens is 3. The molecule has 1 nitrogen and oxygen atoms in total. The summed E-state index contributed by atoms with van der Waals surface area (Å²) in [4.78, 5) is 0. The van der Waals surface area contributed by atoms with E-state index in [1.807, 2.05) is 0 Å². The molecule has 0 radical (unpaired) electrons. The first-order valence-electron chi connectivity index (χ1n) is 6.27. The van der Waals surface area contributed by atoms with Crippen LogP contribution < -0.4 is 0 Å². The Bertz CT molecular complexity index is 608. The standard InChI is InChI=1S/C16H15F3O/c1-16(20,9-11-4-2-6-13(17)8-11)10-12-5-3-7-14(18)15(12)19/h2-8,20H,9-10H2,1H3. The van der Waals surface area contributed by atoms with E-state index in [0.29, 0.717) is 5.56 Å². The predicted molar refractivity (Wildman–Crippen MR) is 70.8 cm³/mol. The van der Waals surface area contributed by atoms with Crippen molar-refractivity contribution < 1.29 is 18.3 Å². The molecular weight excluding hydrogens is 265 g/mol. The van der Waals surface area contributed by atoms with E-state index in [-0.39, 0.29) is 18.4 Å². The Labute approximate surface area is 115 Å². The van der Waals surface area contributed by atoms with Crippen molar-refractivity contribution in [3.63, 3.8) is 0 Å². The Morgan fingerprint density at radius 1 is 1.00 bits per heavy atom. The molecule has 0 saturated carbocycles. The summed E-state index contributed by atoms with van der Waals surface area (Å²) in [6, 6.07) is 9.70. The lowest BCUT2D eigenvalue weighted by atomic mass is 9.89. The Morgan fingerprint density at radius 2 is 1.70 bits per heavy atom. The average molecular weight is 280 g/mol. The van der Waals surface area contributed by atoms with Crippen LogP contribution >= 0.6 is 0 Å². The van der Waals surface area contributed by atoms with Crippen molar-refractivity contribution in [2.24, 2.45) is 0 Å². The van der Waals surface area contributed by atoms with Crippen LogP contribution in [0.3, 0.4) is 0 Å². The van der Waals surface area contributed by atoms with Crippen LogP contribution in [0, 0.1) is 17.5 Å². The molecular formula is C16H15F3O. The number of hydrogen-bond acceptors (Lipinski definition) is 1. The Kier molecular flexibility index (Phi) is 4.14. The van der Waals surface area contributed by atoms with Gasteiger partial charge in [0.25, 0.3) is 0 Å². The first kappa shape index (κ1) is 14.6. The maximum absolute atomic E-state index is 13.6. The molecule has 4 heteroatoms. The second kappa shape index (κ2) is 5.67. The number of aliphatic hydroxyl groups is 1. The van der Waals surface area contributed by atoms with Crippen molar-refractivity contribution in [1.29, 1.82) is 0 Å². The van der Waals surface area contributed by atoms with Gasteiger partial charge in [-0.15, -0.1) is 0 Å². The van der Waals surface area contributed by atoms with Gasteiger partial charge in [-0.3, -0.25) is 0 Å². The minimum absolute atomic E-state index is 0.0485. The molecule has 0 amide bonds. The summed E-state index contributed by atoms with van der Waals surface area (Å²) in [6.45, 7) is 1.52. The number of benzene rings is 2. The van der Waals surface area contributed by atoms with Gasteiger partial charge in [-0.05, 0) is 36.2 Å². The zero-order valence-electron chi connectivity index (χ0n) is 11.0. The van der Waals surface area contributed by atoms with E-state index in [4.69, 9.17) is 0 Å². The highest BCUT2D eigenvalue weighted by Gasteiger charge is 2.24. The number of hydrogen-bond donors (Lipinski definition) is 1. The highest BCUT2D eigenvalue weighted by atomic mass is 19.2.